The number of aromatic nitrogens is 2. The van der Waals surface area contributed by atoms with Crippen molar-refractivity contribution in [1.82, 2.24) is 9.38 Å². The fraction of sp³-hybridized carbons (Fsp3) is 0.444. The van der Waals surface area contributed by atoms with Crippen molar-refractivity contribution in [2.75, 3.05) is 5.73 Å². The van der Waals surface area contributed by atoms with Crippen molar-refractivity contribution in [2.45, 2.75) is 25.7 Å². The highest BCUT2D eigenvalue weighted by Crippen LogP contribution is 2.31. The molecule has 13 heavy (non-hydrogen) atoms. The second-order valence-electron chi connectivity index (χ2n) is 3.47. The van der Waals surface area contributed by atoms with E-state index in [0.29, 0.717) is 5.95 Å². The van der Waals surface area contributed by atoms with Gasteiger partial charge in [-0.1, -0.05) is 0 Å². The van der Waals surface area contributed by atoms with Gasteiger partial charge in [-0.15, -0.1) is 11.3 Å². The highest BCUT2D eigenvalue weighted by molar-refractivity contribution is 7.17. The molecule has 0 amide bonds. The van der Waals surface area contributed by atoms with E-state index in [2.05, 4.69) is 9.38 Å². The Morgan fingerprint density at radius 1 is 1.38 bits per heavy atom. The van der Waals surface area contributed by atoms with Gasteiger partial charge in [0.2, 0.25) is 5.95 Å². The third-order valence-corrected chi connectivity index (χ3v) is 3.83. The fourth-order valence-corrected chi connectivity index (χ4v) is 3.24. The van der Waals surface area contributed by atoms with Crippen LogP contribution in [0.1, 0.15) is 23.4 Å². The van der Waals surface area contributed by atoms with E-state index in [0.717, 1.165) is 6.42 Å². The van der Waals surface area contributed by atoms with Gasteiger partial charge < -0.3 is 5.73 Å². The Morgan fingerprint density at radius 3 is 3.15 bits per heavy atom. The van der Waals surface area contributed by atoms with E-state index in [1.807, 2.05) is 17.5 Å². The van der Waals surface area contributed by atoms with Crippen molar-refractivity contribution in [1.29, 1.82) is 0 Å². The number of thiazole rings is 1. The summed E-state index contributed by atoms with van der Waals surface area (Å²) in [5.41, 5.74) is 7.21. The Balaban J connectivity index is 2.36. The molecule has 2 N–H and O–H groups in total. The number of imidazole rings is 1. The van der Waals surface area contributed by atoms with Crippen LogP contribution in [0.15, 0.2) is 6.20 Å². The monoisotopic (exact) mass is 193 g/mol. The Hall–Kier alpha value is -1.03. The van der Waals surface area contributed by atoms with E-state index >= 15 is 0 Å². The maximum absolute atomic E-state index is 5.80. The van der Waals surface area contributed by atoms with Crippen LogP contribution in [0.3, 0.4) is 0 Å². The van der Waals surface area contributed by atoms with Crippen molar-refractivity contribution < 1.29 is 0 Å². The summed E-state index contributed by atoms with van der Waals surface area (Å²) < 4.78 is 2.11. The number of rotatable bonds is 0. The molecule has 68 valence electrons. The van der Waals surface area contributed by atoms with Gasteiger partial charge in [-0.2, -0.15) is 0 Å². The molecule has 0 radical (unpaired) electrons. The largest absolute Gasteiger partial charge is 0.369 e. The minimum atomic E-state index is 0.648. The zero-order valence-corrected chi connectivity index (χ0v) is 8.10. The lowest BCUT2D eigenvalue weighted by atomic mass is 10.0. The molecule has 0 aromatic carbocycles. The van der Waals surface area contributed by atoms with E-state index in [1.165, 1.54) is 34.7 Å². The second-order valence-corrected chi connectivity index (χ2v) is 4.58. The smallest absolute Gasteiger partial charge is 0.205 e. The number of fused-ring (bicyclic) bond motifs is 3. The normalized spacial score (nSPS) is 16.3. The third kappa shape index (κ3) is 0.920. The Kier molecular flexibility index (Phi) is 1.41. The highest BCUT2D eigenvalue weighted by Gasteiger charge is 2.17. The third-order valence-electron chi connectivity index (χ3n) is 2.64. The van der Waals surface area contributed by atoms with Crippen molar-refractivity contribution in [3.8, 4) is 0 Å². The number of aryl methyl sites for hydroxylation is 2. The summed E-state index contributed by atoms with van der Waals surface area (Å²) in [5, 5.41) is 0. The molecule has 2 heterocycles. The van der Waals surface area contributed by atoms with Gasteiger partial charge in [0.15, 0.2) is 0 Å². The summed E-state index contributed by atoms with van der Waals surface area (Å²) >= 11 is 1.84. The summed E-state index contributed by atoms with van der Waals surface area (Å²) in [6, 6.07) is 0. The van der Waals surface area contributed by atoms with Gasteiger partial charge in [0, 0.05) is 10.6 Å². The molecule has 2 aromatic heterocycles. The topological polar surface area (TPSA) is 43.3 Å². The molecule has 0 saturated carbocycles. The maximum atomic E-state index is 5.80. The molecular weight excluding hydrogens is 182 g/mol. The molecule has 0 fully saturated rings. The molecule has 0 aliphatic heterocycles. The number of hydrogen-bond donors (Lipinski definition) is 1. The quantitative estimate of drug-likeness (QED) is 0.694. The van der Waals surface area contributed by atoms with E-state index < -0.39 is 0 Å². The molecule has 0 unspecified atom stereocenters. The van der Waals surface area contributed by atoms with Crippen LogP contribution in [0.25, 0.3) is 4.83 Å². The van der Waals surface area contributed by atoms with Gasteiger partial charge in [0.1, 0.15) is 4.83 Å². The molecule has 2 aromatic rings. The van der Waals surface area contributed by atoms with Crippen LogP contribution >= 0.6 is 11.3 Å². The molecule has 0 saturated heterocycles. The number of nitrogen functional groups attached to an aromatic ring is 1. The van der Waals surface area contributed by atoms with Crippen molar-refractivity contribution >= 4 is 22.1 Å². The molecule has 0 bridgehead atoms. The van der Waals surface area contributed by atoms with Gasteiger partial charge in [-0.25, -0.2) is 4.98 Å². The van der Waals surface area contributed by atoms with E-state index in [-0.39, 0.29) is 0 Å². The molecule has 4 heteroatoms. The SMILES string of the molecule is Nc1ncc2sc3c(n12)CCCC3. The molecule has 0 spiro atoms. The Labute approximate surface area is 80.2 Å². The summed E-state index contributed by atoms with van der Waals surface area (Å²) in [4.78, 5) is 6.82. The molecule has 1 aliphatic rings. The lowest BCUT2D eigenvalue weighted by Gasteiger charge is -2.10. The predicted octanol–water partition coefficient (Wildman–Crippen LogP) is 1.86. The van der Waals surface area contributed by atoms with Crippen LogP contribution in [0.2, 0.25) is 0 Å². The van der Waals surface area contributed by atoms with Crippen LogP contribution in [0.4, 0.5) is 5.95 Å². The van der Waals surface area contributed by atoms with E-state index in [4.69, 9.17) is 5.73 Å². The Bertz CT molecular complexity index is 455. The van der Waals surface area contributed by atoms with Gasteiger partial charge in [-0.3, -0.25) is 4.40 Å². The lowest BCUT2D eigenvalue weighted by Crippen LogP contribution is -2.04. The summed E-state index contributed by atoms with van der Waals surface area (Å²) in [7, 11) is 0. The van der Waals surface area contributed by atoms with Gasteiger partial charge >= 0.3 is 0 Å². The van der Waals surface area contributed by atoms with Crippen molar-refractivity contribution in [3.63, 3.8) is 0 Å². The average Bonchev–Trinajstić information content (AvgIpc) is 2.66. The van der Waals surface area contributed by atoms with Crippen LogP contribution in [-0.4, -0.2) is 9.38 Å². The average molecular weight is 193 g/mol. The number of anilines is 1. The summed E-state index contributed by atoms with van der Waals surface area (Å²) in [5.74, 6) is 0.648. The van der Waals surface area contributed by atoms with Crippen molar-refractivity contribution in [3.05, 3.63) is 16.8 Å². The Morgan fingerprint density at radius 2 is 2.23 bits per heavy atom. The summed E-state index contributed by atoms with van der Waals surface area (Å²) in [6.45, 7) is 0. The molecule has 1 aliphatic carbocycles. The minimum Gasteiger partial charge on any atom is -0.369 e. The molecule has 0 atom stereocenters. The predicted molar refractivity (Wildman–Crippen MR) is 54.1 cm³/mol. The van der Waals surface area contributed by atoms with E-state index in [1.54, 1.807) is 0 Å². The zero-order valence-electron chi connectivity index (χ0n) is 7.29. The number of nitrogens with zero attached hydrogens (tertiary/aromatic N) is 2. The summed E-state index contributed by atoms with van der Waals surface area (Å²) in [6.07, 6.45) is 6.87. The maximum Gasteiger partial charge on any atom is 0.205 e. The standard InChI is InChI=1S/C9H11N3S/c10-9-11-5-8-12(9)6-3-1-2-4-7(6)13-8/h5H,1-4H2,(H2,10,11). The first kappa shape index (κ1) is 7.38. The van der Waals surface area contributed by atoms with E-state index in [9.17, 15) is 0 Å². The fourth-order valence-electron chi connectivity index (χ4n) is 2.03. The molecule has 3 nitrogen and oxygen atoms in total. The zero-order chi connectivity index (χ0) is 8.84. The molecular formula is C9H11N3S. The minimum absolute atomic E-state index is 0.648. The van der Waals surface area contributed by atoms with Crippen LogP contribution in [0, 0.1) is 0 Å². The van der Waals surface area contributed by atoms with Gasteiger partial charge in [-0.05, 0) is 25.7 Å². The first-order chi connectivity index (χ1) is 6.36. The first-order valence-corrected chi connectivity index (χ1v) is 5.41. The number of nitrogens with two attached hydrogens (primary N) is 1. The van der Waals surface area contributed by atoms with Crippen LogP contribution < -0.4 is 5.73 Å². The lowest BCUT2D eigenvalue weighted by molar-refractivity contribution is 0.675. The van der Waals surface area contributed by atoms with Crippen LogP contribution in [0.5, 0.6) is 0 Å². The van der Waals surface area contributed by atoms with Gasteiger partial charge in [0.25, 0.3) is 0 Å². The van der Waals surface area contributed by atoms with Crippen LogP contribution in [-0.2, 0) is 12.8 Å². The first-order valence-electron chi connectivity index (χ1n) is 4.60. The second kappa shape index (κ2) is 2.48. The highest BCUT2D eigenvalue weighted by atomic mass is 32.1. The molecule has 3 rings (SSSR count). The van der Waals surface area contributed by atoms with Crippen molar-refractivity contribution in [2.24, 2.45) is 0 Å². The number of hydrogen-bond acceptors (Lipinski definition) is 3. The van der Waals surface area contributed by atoms with Gasteiger partial charge in [0.05, 0.1) is 6.20 Å².